The van der Waals surface area contributed by atoms with Crippen molar-refractivity contribution in [1.82, 2.24) is 15.0 Å². The van der Waals surface area contributed by atoms with Gasteiger partial charge in [-0.15, -0.1) is 5.10 Å². The average Bonchev–Trinajstić information content (AvgIpc) is 2.87. The number of anilines is 1. The minimum Gasteiger partial charge on any atom is -0.396 e. The van der Waals surface area contributed by atoms with Crippen LogP contribution < -0.4 is 5.32 Å². The maximum absolute atomic E-state index is 8.76. The highest BCUT2D eigenvalue weighted by atomic mass is 35.5. The minimum absolute atomic E-state index is 0.144. The largest absolute Gasteiger partial charge is 0.396 e. The van der Waals surface area contributed by atoms with Gasteiger partial charge in [-0.3, -0.25) is 4.68 Å². The van der Waals surface area contributed by atoms with Crippen LogP contribution >= 0.6 is 23.2 Å². The Balaban J connectivity index is 1.98. The van der Waals surface area contributed by atoms with Gasteiger partial charge in [0, 0.05) is 18.2 Å². The molecule has 0 amide bonds. The number of aliphatic hydroxyl groups is 1. The molecule has 0 bridgehead atoms. The Morgan fingerprint density at radius 3 is 2.85 bits per heavy atom. The molecule has 1 aromatic carbocycles. The van der Waals surface area contributed by atoms with Crippen LogP contribution in [0.15, 0.2) is 18.3 Å². The molecule has 0 radical (unpaired) electrons. The summed E-state index contributed by atoms with van der Waals surface area (Å²) in [5.74, 6) is 0. The first-order valence-electron chi connectivity index (χ1n) is 6.29. The fraction of sp³-hybridized carbons (Fsp3) is 0.385. The molecule has 0 unspecified atom stereocenters. The van der Waals surface area contributed by atoms with E-state index in [9.17, 15) is 0 Å². The molecular formula is C13H16Cl2N4O. The minimum atomic E-state index is 0.144. The Morgan fingerprint density at radius 2 is 2.10 bits per heavy atom. The van der Waals surface area contributed by atoms with E-state index < -0.39 is 0 Å². The molecule has 7 heteroatoms. The van der Waals surface area contributed by atoms with Crippen LogP contribution in [0.3, 0.4) is 0 Å². The molecule has 0 spiro atoms. The van der Waals surface area contributed by atoms with Crippen molar-refractivity contribution in [1.29, 1.82) is 0 Å². The second-order valence-electron chi connectivity index (χ2n) is 4.48. The van der Waals surface area contributed by atoms with E-state index in [0.717, 1.165) is 16.9 Å². The lowest BCUT2D eigenvalue weighted by Gasteiger charge is -2.08. The summed E-state index contributed by atoms with van der Waals surface area (Å²) in [5, 5.41) is 21.3. The molecule has 1 aromatic heterocycles. The van der Waals surface area contributed by atoms with Crippen molar-refractivity contribution in [3.63, 3.8) is 0 Å². The summed E-state index contributed by atoms with van der Waals surface area (Å²) >= 11 is 12.2. The second-order valence-corrected chi connectivity index (χ2v) is 5.30. The lowest BCUT2D eigenvalue weighted by molar-refractivity contribution is 0.276. The van der Waals surface area contributed by atoms with Crippen LogP contribution in [0.2, 0.25) is 10.0 Å². The number of aryl methyl sites for hydroxylation is 2. The summed E-state index contributed by atoms with van der Waals surface area (Å²) in [6.45, 7) is 3.22. The van der Waals surface area contributed by atoms with Gasteiger partial charge in [0.2, 0.25) is 0 Å². The number of nitrogens with zero attached hydrogens (tertiary/aromatic N) is 3. The molecular weight excluding hydrogens is 299 g/mol. The summed E-state index contributed by atoms with van der Waals surface area (Å²) in [6.07, 6.45) is 2.50. The monoisotopic (exact) mass is 314 g/mol. The molecule has 0 saturated carbocycles. The van der Waals surface area contributed by atoms with E-state index in [1.54, 1.807) is 10.7 Å². The number of halogens is 2. The van der Waals surface area contributed by atoms with Crippen LogP contribution in [0.25, 0.3) is 0 Å². The highest BCUT2D eigenvalue weighted by Gasteiger charge is 2.06. The number of hydrogen-bond acceptors (Lipinski definition) is 4. The van der Waals surface area contributed by atoms with Crippen molar-refractivity contribution in [3.8, 4) is 0 Å². The van der Waals surface area contributed by atoms with Crippen molar-refractivity contribution in [3.05, 3.63) is 39.6 Å². The molecule has 0 fully saturated rings. The topological polar surface area (TPSA) is 63.0 Å². The van der Waals surface area contributed by atoms with Gasteiger partial charge in [-0.25, -0.2) is 0 Å². The van der Waals surface area contributed by atoms with E-state index in [1.165, 1.54) is 0 Å². The molecule has 0 aliphatic heterocycles. The Kier molecular flexibility index (Phi) is 5.23. The van der Waals surface area contributed by atoms with E-state index in [-0.39, 0.29) is 6.61 Å². The van der Waals surface area contributed by atoms with Crippen molar-refractivity contribution >= 4 is 28.9 Å². The first kappa shape index (κ1) is 15.1. The Bertz CT molecular complexity index is 586. The van der Waals surface area contributed by atoms with Gasteiger partial charge in [0.25, 0.3) is 0 Å². The first-order chi connectivity index (χ1) is 9.60. The van der Waals surface area contributed by atoms with Crippen LogP contribution in [0.5, 0.6) is 0 Å². The molecule has 1 heterocycles. The third kappa shape index (κ3) is 3.85. The van der Waals surface area contributed by atoms with Crippen molar-refractivity contribution in [2.75, 3.05) is 11.9 Å². The first-order valence-corrected chi connectivity index (χ1v) is 7.05. The molecule has 108 valence electrons. The van der Waals surface area contributed by atoms with E-state index in [4.69, 9.17) is 28.3 Å². The molecule has 2 rings (SSSR count). The Morgan fingerprint density at radius 1 is 1.30 bits per heavy atom. The van der Waals surface area contributed by atoms with Crippen LogP contribution in [-0.4, -0.2) is 26.7 Å². The molecule has 0 aliphatic carbocycles. The predicted octanol–water partition coefficient (Wildman–Crippen LogP) is 2.89. The van der Waals surface area contributed by atoms with Gasteiger partial charge in [0.1, 0.15) is 5.69 Å². The predicted molar refractivity (Wildman–Crippen MR) is 80.3 cm³/mol. The second kappa shape index (κ2) is 6.92. The van der Waals surface area contributed by atoms with Crippen LogP contribution in [0.1, 0.15) is 17.7 Å². The zero-order chi connectivity index (χ0) is 14.5. The highest BCUT2D eigenvalue weighted by molar-refractivity contribution is 6.35. The molecule has 0 atom stereocenters. The molecule has 5 nitrogen and oxygen atoms in total. The number of rotatable bonds is 6. The summed E-state index contributed by atoms with van der Waals surface area (Å²) in [4.78, 5) is 0. The van der Waals surface area contributed by atoms with E-state index in [0.29, 0.717) is 29.6 Å². The van der Waals surface area contributed by atoms with Gasteiger partial charge in [-0.05, 0) is 31.0 Å². The van der Waals surface area contributed by atoms with Gasteiger partial charge in [-0.1, -0.05) is 28.4 Å². The van der Waals surface area contributed by atoms with Crippen molar-refractivity contribution < 1.29 is 5.11 Å². The number of aliphatic hydroxyl groups excluding tert-OH is 1. The summed E-state index contributed by atoms with van der Waals surface area (Å²) < 4.78 is 1.71. The van der Waals surface area contributed by atoms with Gasteiger partial charge in [-0.2, -0.15) is 0 Å². The SMILES string of the molecule is Cc1cc(Cl)c(NCc2cn(CCCO)nn2)cc1Cl. The number of aromatic nitrogens is 3. The molecule has 2 N–H and O–H groups in total. The summed E-state index contributed by atoms with van der Waals surface area (Å²) in [6, 6.07) is 3.62. The maximum atomic E-state index is 8.76. The van der Waals surface area contributed by atoms with E-state index in [2.05, 4.69) is 15.6 Å². The van der Waals surface area contributed by atoms with E-state index in [1.807, 2.05) is 19.2 Å². The van der Waals surface area contributed by atoms with Crippen molar-refractivity contribution in [2.24, 2.45) is 0 Å². The standard InChI is InChI=1S/C13H16Cl2N4O/c1-9-5-12(15)13(6-11(9)14)16-7-10-8-19(18-17-10)3-2-4-20/h5-6,8,16,20H,2-4,7H2,1H3. The van der Waals surface area contributed by atoms with Crippen LogP contribution in [-0.2, 0) is 13.1 Å². The summed E-state index contributed by atoms with van der Waals surface area (Å²) in [5.41, 5.74) is 2.51. The summed E-state index contributed by atoms with van der Waals surface area (Å²) in [7, 11) is 0. The zero-order valence-corrected chi connectivity index (χ0v) is 12.6. The quantitative estimate of drug-likeness (QED) is 0.860. The van der Waals surface area contributed by atoms with Gasteiger partial charge >= 0.3 is 0 Å². The van der Waals surface area contributed by atoms with Crippen molar-refractivity contribution in [2.45, 2.75) is 26.4 Å². The highest BCUT2D eigenvalue weighted by Crippen LogP contribution is 2.28. The fourth-order valence-electron chi connectivity index (χ4n) is 1.73. The van der Waals surface area contributed by atoms with Crippen LogP contribution in [0, 0.1) is 6.92 Å². The zero-order valence-electron chi connectivity index (χ0n) is 11.1. The lowest BCUT2D eigenvalue weighted by Crippen LogP contribution is -2.01. The van der Waals surface area contributed by atoms with Gasteiger partial charge in [0.05, 0.1) is 23.5 Å². The number of hydrogen-bond donors (Lipinski definition) is 2. The number of nitrogens with one attached hydrogen (secondary N) is 1. The van der Waals surface area contributed by atoms with Gasteiger partial charge in [0.15, 0.2) is 0 Å². The average molecular weight is 315 g/mol. The Hall–Kier alpha value is -1.30. The van der Waals surface area contributed by atoms with Crippen LogP contribution in [0.4, 0.5) is 5.69 Å². The fourth-order valence-corrected chi connectivity index (χ4v) is 2.18. The Labute approximate surface area is 127 Å². The molecule has 0 aliphatic rings. The maximum Gasteiger partial charge on any atom is 0.102 e. The van der Waals surface area contributed by atoms with E-state index >= 15 is 0 Å². The molecule has 0 saturated heterocycles. The molecule has 20 heavy (non-hydrogen) atoms. The smallest absolute Gasteiger partial charge is 0.102 e. The van der Waals surface area contributed by atoms with Gasteiger partial charge < -0.3 is 10.4 Å². The third-order valence-electron chi connectivity index (χ3n) is 2.84. The third-order valence-corrected chi connectivity index (χ3v) is 3.56. The normalized spacial score (nSPS) is 10.8. The molecule has 2 aromatic rings. The number of benzene rings is 1. The lowest BCUT2D eigenvalue weighted by atomic mass is 10.2.